The topological polar surface area (TPSA) is 38.7 Å². The number of aliphatic hydroxyl groups is 1. The van der Waals surface area contributed by atoms with Crippen molar-refractivity contribution in [3.63, 3.8) is 0 Å². The molecule has 1 aliphatic heterocycles. The van der Waals surface area contributed by atoms with Crippen LogP contribution in [0.3, 0.4) is 0 Å². The van der Waals surface area contributed by atoms with Gasteiger partial charge < -0.3 is 14.4 Å². The Bertz CT molecular complexity index is 924. The Labute approximate surface area is 187 Å². The molecule has 1 heterocycles. The van der Waals surface area contributed by atoms with Crippen LogP contribution >= 0.6 is 0 Å². The van der Waals surface area contributed by atoms with Gasteiger partial charge in [0, 0.05) is 0 Å². The van der Waals surface area contributed by atoms with Crippen molar-refractivity contribution < 1.29 is 14.4 Å². The van der Waals surface area contributed by atoms with Gasteiger partial charge in [-0.3, -0.25) is 0 Å². The molecule has 0 radical (unpaired) electrons. The first-order valence-corrected chi connectivity index (χ1v) is 12.4. The first-order chi connectivity index (χ1) is 15.0. The van der Waals surface area contributed by atoms with E-state index in [4.69, 9.17) is 9.31 Å². The summed E-state index contributed by atoms with van der Waals surface area (Å²) in [5, 5.41) is 10.2. The Morgan fingerprint density at radius 3 is 2.61 bits per heavy atom. The summed E-state index contributed by atoms with van der Waals surface area (Å²) in [6.07, 6.45) is 11.7. The van der Waals surface area contributed by atoms with Crippen LogP contribution in [0.2, 0.25) is 0 Å². The van der Waals surface area contributed by atoms with Gasteiger partial charge in [0.25, 0.3) is 0 Å². The van der Waals surface area contributed by atoms with Crippen molar-refractivity contribution in [2.24, 2.45) is 28.6 Å². The first kappa shape index (κ1) is 20.1. The molecule has 1 aromatic carbocycles. The molecule has 4 fully saturated rings. The molecule has 1 aromatic rings. The fraction of sp³-hybridized carbons (Fsp3) is 0.630. The minimum Gasteiger partial charge on any atom is -0.534 e. The van der Waals surface area contributed by atoms with E-state index in [9.17, 15) is 5.11 Å². The number of benzene rings is 1. The average Bonchev–Trinajstić information content (AvgIpc) is 3.39. The summed E-state index contributed by atoms with van der Waals surface area (Å²) >= 11 is 0. The molecular formula is C27H35BO3. The molecule has 6 rings (SSSR count). The highest BCUT2D eigenvalue weighted by molar-refractivity contribution is 6.62. The Morgan fingerprint density at radius 1 is 1.00 bits per heavy atom. The van der Waals surface area contributed by atoms with Crippen LogP contribution in [0.4, 0.5) is 0 Å². The van der Waals surface area contributed by atoms with Gasteiger partial charge in [0.1, 0.15) is 5.76 Å². The predicted molar refractivity (Wildman–Crippen MR) is 124 cm³/mol. The third-order valence-electron chi connectivity index (χ3n) is 9.89. The third kappa shape index (κ3) is 3.01. The molecule has 3 saturated carbocycles. The number of fused-ring (bicyclic) bond motifs is 5. The standard InChI is InChI=1S/C27H35BO3/c1-26-14-12-20(29)16-18(26)8-9-21-22-10-11-24(27(22,2)15-13-23(21)26)25-17-30-28(31-25)19-6-4-3-5-7-19/h3-8,20-23,29H,9-17H2,1-2H3/b25-24+/t20-,21-,22-,23-,26-,27-/m0/s1. The van der Waals surface area contributed by atoms with E-state index in [0.29, 0.717) is 12.0 Å². The van der Waals surface area contributed by atoms with E-state index in [1.54, 1.807) is 11.1 Å². The van der Waals surface area contributed by atoms with Gasteiger partial charge in [-0.15, -0.1) is 0 Å². The molecule has 0 amide bonds. The highest BCUT2D eigenvalue weighted by Crippen LogP contribution is 2.66. The van der Waals surface area contributed by atoms with Crippen LogP contribution in [-0.4, -0.2) is 24.9 Å². The smallest absolute Gasteiger partial charge is 0.534 e. The molecule has 4 heteroatoms. The maximum Gasteiger partial charge on any atom is 0.562 e. The molecule has 0 spiro atoms. The fourth-order valence-corrected chi connectivity index (χ4v) is 8.19. The van der Waals surface area contributed by atoms with Gasteiger partial charge in [0.05, 0.1) is 12.7 Å². The van der Waals surface area contributed by atoms with Crippen LogP contribution < -0.4 is 5.46 Å². The largest absolute Gasteiger partial charge is 0.562 e. The zero-order valence-electron chi connectivity index (χ0n) is 19.0. The van der Waals surface area contributed by atoms with Gasteiger partial charge in [-0.2, -0.15) is 0 Å². The van der Waals surface area contributed by atoms with Crippen molar-refractivity contribution in [1.82, 2.24) is 0 Å². The van der Waals surface area contributed by atoms with Crippen molar-refractivity contribution in [3.8, 4) is 0 Å². The lowest BCUT2D eigenvalue weighted by Gasteiger charge is -2.57. The van der Waals surface area contributed by atoms with Crippen LogP contribution in [0.25, 0.3) is 0 Å². The molecule has 4 aliphatic carbocycles. The van der Waals surface area contributed by atoms with Gasteiger partial charge in [0.2, 0.25) is 0 Å². The minimum absolute atomic E-state index is 0.121. The van der Waals surface area contributed by atoms with Crippen LogP contribution in [0, 0.1) is 28.6 Å². The molecule has 31 heavy (non-hydrogen) atoms. The van der Waals surface area contributed by atoms with Crippen LogP contribution in [0.15, 0.2) is 53.3 Å². The molecule has 0 aromatic heterocycles. The normalized spacial score (nSPS) is 44.2. The highest BCUT2D eigenvalue weighted by Gasteiger charge is 2.58. The zero-order chi connectivity index (χ0) is 21.2. The first-order valence-electron chi connectivity index (χ1n) is 12.4. The fourth-order valence-electron chi connectivity index (χ4n) is 8.19. The van der Waals surface area contributed by atoms with Crippen LogP contribution in [0.5, 0.6) is 0 Å². The van der Waals surface area contributed by atoms with Crippen molar-refractivity contribution in [2.75, 3.05) is 6.61 Å². The number of rotatable bonds is 1. The average molecular weight is 418 g/mol. The van der Waals surface area contributed by atoms with Crippen LogP contribution in [0.1, 0.15) is 65.2 Å². The number of hydrogen-bond donors (Lipinski definition) is 1. The highest BCUT2D eigenvalue weighted by atomic mass is 16.6. The summed E-state index contributed by atoms with van der Waals surface area (Å²) in [5.74, 6) is 3.42. The molecule has 164 valence electrons. The quantitative estimate of drug-likeness (QED) is 0.515. The van der Waals surface area contributed by atoms with Gasteiger partial charge in [-0.25, -0.2) is 0 Å². The molecule has 1 N–H and O–H groups in total. The second-order valence-electron chi connectivity index (χ2n) is 11.2. The maximum atomic E-state index is 10.2. The SMILES string of the molecule is C[C@]12CC[C@H](O)CC1=CC[C@@H]1[C@@H]2CC[C@]2(C)/C(=C3\COB(c4ccccc4)O3)CC[C@@H]12. The molecule has 3 nitrogen and oxygen atoms in total. The summed E-state index contributed by atoms with van der Waals surface area (Å²) in [6.45, 7) is 5.65. The van der Waals surface area contributed by atoms with Gasteiger partial charge in [0.15, 0.2) is 0 Å². The van der Waals surface area contributed by atoms with Crippen molar-refractivity contribution in [1.29, 1.82) is 0 Å². The van der Waals surface area contributed by atoms with Crippen molar-refractivity contribution in [2.45, 2.75) is 71.3 Å². The molecule has 0 unspecified atom stereocenters. The van der Waals surface area contributed by atoms with Gasteiger partial charge in [-0.1, -0.05) is 55.8 Å². The van der Waals surface area contributed by atoms with E-state index in [1.165, 1.54) is 25.7 Å². The van der Waals surface area contributed by atoms with Crippen LogP contribution in [-0.2, 0) is 9.31 Å². The molecule has 6 atom stereocenters. The summed E-state index contributed by atoms with van der Waals surface area (Å²) in [6, 6.07) is 10.3. The van der Waals surface area contributed by atoms with Gasteiger partial charge in [-0.05, 0) is 91.0 Å². The van der Waals surface area contributed by atoms with E-state index in [0.717, 1.165) is 54.7 Å². The lowest BCUT2D eigenvalue weighted by molar-refractivity contribution is -0.0274. The van der Waals surface area contributed by atoms with Crippen molar-refractivity contribution >= 4 is 12.6 Å². The second-order valence-corrected chi connectivity index (χ2v) is 11.2. The number of hydrogen-bond acceptors (Lipinski definition) is 3. The van der Waals surface area contributed by atoms with E-state index in [2.05, 4.69) is 44.2 Å². The summed E-state index contributed by atoms with van der Waals surface area (Å²) in [4.78, 5) is 0. The lowest BCUT2D eigenvalue weighted by Crippen LogP contribution is -2.49. The van der Waals surface area contributed by atoms with Crippen molar-refractivity contribution in [3.05, 3.63) is 53.3 Å². The summed E-state index contributed by atoms with van der Waals surface area (Å²) in [7, 11) is -0.254. The molecule has 1 saturated heterocycles. The minimum atomic E-state index is -0.254. The Hall–Kier alpha value is -1.52. The number of allylic oxidation sites excluding steroid dienone is 2. The van der Waals surface area contributed by atoms with E-state index < -0.39 is 0 Å². The van der Waals surface area contributed by atoms with E-state index >= 15 is 0 Å². The Kier molecular flexibility index (Phi) is 4.70. The van der Waals surface area contributed by atoms with E-state index in [-0.39, 0.29) is 18.6 Å². The molecular weight excluding hydrogens is 383 g/mol. The monoisotopic (exact) mass is 418 g/mol. The zero-order valence-corrected chi connectivity index (χ0v) is 19.0. The maximum absolute atomic E-state index is 10.2. The molecule has 5 aliphatic rings. The van der Waals surface area contributed by atoms with Gasteiger partial charge >= 0.3 is 7.12 Å². The Morgan fingerprint density at radius 2 is 1.77 bits per heavy atom. The Balaban J connectivity index is 1.27. The lowest BCUT2D eigenvalue weighted by atomic mass is 9.48. The number of aliphatic hydroxyl groups excluding tert-OH is 1. The second kappa shape index (κ2) is 7.25. The third-order valence-corrected chi connectivity index (χ3v) is 9.89. The summed E-state index contributed by atoms with van der Waals surface area (Å²) < 4.78 is 12.5. The predicted octanol–water partition coefficient (Wildman–Crippen LogP) is 5.01. The summed E-state index contributed by atoms with van der Waals surface area (Å²) in [5.41, 5.74) is 4.78. The van der Waals surface area contributed by atoms with E-state index in [1.807, 2.05) is 6.07 Å². The molecule has 0 bridgehead atoms.